The van der Waals surface area contributed by atoms with Crippen LogP contribution in [0.3, 0.4) is 0 Å². The largest absolute Gasteiger partial charge is 0.264 e. The van der Waals surface area contributed by atoms with Crippen molar-refractivity contribution in [1.82, 2.24) is 15.2 Å². The van der Waals surface area contributed by atoms with E-state index in [1.165, 1.54) is 6.20 Å². The van der Waals surface area contributed by atoms with Gasteiger partial charge >= 0.3 is 0 Å². The summed E-state index contributed by atoms with van der Waals surface area (Å²) in [5.74, 6) is -0.349. The van der Waals surface area contributed by atoms with Gasteiger partial charge in [0.1, 0.15) is 11.0 Å². The molecule has 5 heteroatoms. The van der Waals surface area contributed by atoms with Crippen molar-refractivity contribution in [2.75, 3.05) is 0 Å². The third-order valence-corrected chi connectivity index (χ3v) is 2.52. The zero-order valence-electron chi connectivity index (χ0n) is 8.73. The molecule has 0 bridgehead atoms. The number of aromatic amines is 1. The molecule has 2 heterocycles. The van der Waals surface area contributed by atoms with Gasteiger partial charge in [0.05, 0.1) is 11.6 Å². The first-order valence-electron chi connectivity index (χ1n) is 4.60. The Hall–Kier alpha value is -1.16. The van der Waals surface area contributed by atoms with Gasteiger partial charge in [-0.1, -0.05) is 32.4 Å². The average Bonchev–Trinajstić information content (AvgIpc) is 2.46. The molecule has 0 aliphatic heterocycles. The lowest BCUT2D eigenvalue weighted by Crippen LogP contribution is -2.14. The lowest BCUT2D eigenvalue weighted by molar-refractivity contribution is 0.525. The molecule has 0 saturated carbocycles. The second-order valence-electron chi connectivity index (χ2n) is 4.47. The Balaban J connectivity index is 2.90. The molecule has 0 aliphatic carbocycles. The van der Waals surface area contributed by atoms with Crippen LogP contribution in [0, 0.1) is 5.82 Å². The van der Waals surface area contributed by atoms with Crippen molar-refractivity contribution < 1.29 is 4.39 Å². The van der Waals surface area contributed by atoms with E-state index in [-0.39, 0.29) is 11.2 Å². The molecule has 0 aliphatic rings. The second-order valence-corrected chi connectivity index (χ2v) is 4.85. The van der Waals surface area contributed by atoms with E-state index in [2.05, 4.69) is 15.2 Å². The molecule has 0 radical (unpaired) electrons. The van der Waals surface area contributed by atoms with Gasteiger partial charge < -0.3 is 0 Å². The summed E-state index contributed by atoms with van der Waals surface area (Å²) < 4.78 is 13.7. The first-order valence-corrected chi connectivity index (χ1v) is 4.97. The zero-order chi connectivity index (χ0) is 11.2. The maximum Gasteiger partial charge on any atom is 0.182 e. The number of pyridine rings is 1. The van der Waals surface area contributed by atoms with E-state index in [0.717, 1.165) is 0 Å². The first kappa shape index (κ1) is 10.4. The van der Waals surface area contributed by atoms with E-state index in [9.17, 15) is 4.39 Å². The maximum atomic E-state index is 13.7. The highest BCUT2D eigenvalue weighted by atomic mass is 35.5. The molecule has 0 saturated heterocycles. The Kier molecular flexibility index (Phi) is 2.19. The Bertz CT molecular complexity index is 513. The molecule has 2 aromatic rings. The highest BCUT2D eigenvalue weighted by Gasteiger charge is 2.24. The molecule has 1 N–H and O–H groups in total. The number of fused-ring (bicyclic) bond motifs is 1. The molecular formula is C10H11ClFN3. The number of nitrogens with one attached hydrogen (secondary N) is 1. The van der Waals surface area contributed by atoms with Crippen molar-refractivity contribution in [3.63, 3.8) is 0 Å². The van der Waals surface area contributed by atoms with Crippen LogP contribution >= 0.6 is 11.6 Å². The zero-order valence-corrected chi connectivity index (χ0v) is 9.48. The highest BCUT2D eigenvalue weighted by Crippen LogP contribution is 2.33. The summed E-state index contributed by atoms with van der Waals surface area (Å²) in [7, 11) is 0. The second kappa shape index (κ2) is 3.17. The monoisotopic (exact) mass is 227 g/mol. The third-order valence-electron chi connectivity index (χ3n) is 2.24. The molecule has 0 aromatic carbocycles. The minimum atomic E-state index is -0.349. The van der Waals surface area contributed by atoms with Crippen LogP contribution in [0.2, 0.25) is 5.15 Å². The Morgan fingerprint density at radius 3 is 2.67 bits per heavy atom. The molecular weight excluding hydrogens is 217 g/mol. The molecule has 2 rings (SSSR count). The van der Waals surface area contributed by atoms with Crippen LogP contribution < -0.4 is 0 Å². The van der Waals surface area contributed by atoms with Crippen molar-refractivity contribution in [3.05, 3.63) is 22.7 Å². The molecule has 15 heavy (non-hydrogen) atoms. The van der Waals surface area contributed by atoms with E-state index in [1.54, 1.807) is 0 Å². The van der Waals surface area contributed by atoms with Crippen LogP contribution in [0.1, 0.15) is 26.3 Å². The normalized spacial score (nSPS) is 12.3. The van der Waals surface area contributed by atoms with Crippen LogP contribution in [0.25, 0.3) is 11.0 Å². The van der Waals surface area contributed by atoms with Crippen molar-refractivity contribution >= 4 is 22.6 Å². The number of nitrogens with zero attached hydrogens (tertiary/aromatic N) is 2. The van der Waals surface area contributed by atoms with Crippen molar-refractivity contribution in [3.8, 4) is 0 Å². The number of hydrogen-bond acceptors (Lipinski definition) is 2. The van der Waals surface area contributed by atoms with Crippen LogP contribution in [-0.2, 0) is 5.41 Å². The average molecular weight is 228 g/mol. The fourth-order valence-corrected chi connectivity index (χ4v) is 1.88. The topological polar surface area (TPSA) is 41.6 Å². The summed E-state index contributed by atoms with van der Waals surface area (Å²) in [5, 5.41) is 7.41. The van der Waals surface area contributed by atoms with Gasteiger partial charge in [0.15, 0.2) is 5.65 Å². The fraction of sp³-hybridized carbons (Fsp3) is 0.400. The number of H-pyrrole nitrogens is 1. The summed E-state index contributed by atoms with van der Waals surface area (Å²) in [4.78, 5) is 3.87. The van der Waals surface area contributed by atoms with Crippen molar-refractivity contribution in [2.45, 2.75) is 26.2 Å². The minimum absolute atomic E-state index is 0.335. The standard InChI is InChI=1S/C10H11ClFN3/c1-10(2,3)7-5(12)4-13-9-6(7)8(11)14-15-9/h4H,1-3H3,(H,13,14,15). The van der Waals surface area contributed by atoms with Crippen LogP contribution in [0.15, 0.2) is 6.20 Å². The quantitative estimate of drug-likeness (QED) is 0.752. The van der Waals surface area contributed by atoms with E-state index in [0.29, 0.717) is 21.7 Å². The van der Waals surface area contributed by atoms with E-state index < -0.39 is 0 Å². The molecule has 0 spiro atoms. The predicted molar refractivity (Wildman–Crippen MR) is 57.6 cm³/mol. The van der Waals surface area contributed by atoms with E-state index in [1.807, 2.05) is 20.8 Å². The lowest BCUT2D eigenvalue weighted by Gasteiger charge is -2.20. The van der Waals surface area contributed by atoms with Gasteiger partial charge in [-0.15, -0.1) is 0 Å². The molecule has 0 atom stereocenters. The van der Waals surface area contributed by atoms with Crippen LogP contribution in [0.5, 0.6) is 0 Å². The number of rotatable bonds is 0. The van der Waals surface area contributed by atoms with Gasteiger partial charge in [0.2, 0.25) is 0 Å². The molecule has 0 unspecified atom stereocenters. The molecule has 3 nitrogen and oxygen atoms in total. The highest BCUT2D eigenvalue weighted by molar-refractivity contribution is 6.34. The van der Waals surface area contributed by atoms with Crippen molar-refractivity contribution in [1.29, 1.82) is 0 Å². The Morgan fingerprint density at radius 2 is 2.07 bits per heavy atom. The predicted octanol–water partition coefficient (Wildman–Crippen LogP) is 3.05. The summed E-state index contributed by atoms with van der Waals surface area (Å²) in [6.45, 7) is 5.77. The SMILES string of the molecule is CC(C)(C)c1c(F)cnc2n[nH]c(Cl)c12. The lowest BCUT2D eigenvalue weighted by atomic mass is 9.85. The first-order chi connectivity index (χ1) is 6.91. The molecule has 80 valence electrons. The summed E-state index contributed by atoms with van der Waals surface area (Å²) in [6.07, 6.45) is 1.18. The Labute approximate surface area is 91.7 Å². The summed E-state index contributed by atoms with van der Waals surface area (Å²) in [5.41, 5.74) is 0.663. The Morgan fingerprint density at radius 1 is 1.40 bits per heavy atom. The molecule has 2 aromatic heterocycles. The third kappa shape index (κ3) is 1.59. The van der Waals surface area contributed by atoms with Gasteiger partial charge in [0.25, 0.3) is 0 Å². The van der Waals surface area contributed by atoms with Gasteiger partial charge in [-0.2, -0.15) is 5.10 Å². The van der Waals surface area contributed by atoms with E-state index >= 15 is 0 Å². The minimum Gasteiger partial charge on any atom is -0.264 e. The number of aromatic nitrogens is 3. The number of hydrogen-bond donors (Lipinski definition) is 1. The maximum absolute atomic E-state index is 13.7. The van der Waals surface area contributed by atoms with Gasteiger partial charge in [-0.3, -0.25) is 5.10 Å². The smallest absolute Gasteiger partial charge is 0.182 e. The van der Waals surface area contributed by atoms with Gasteiger partial charge in [-0.05, 0) is 5.41 Å². The van der Waals surface area contributed by atoms with Crippen molar-refractivity contribution in [2.24, 2.45) is 0 Å². The molecule has 0 fully saturated rings. The van der Waals surface area contributed by atoms with Crippen LogP contribution in [0.4, 0.5) is 4.39 Å². The molecule has 0 amide bonds. The number of halogens is 2. The van der Waals surface area contributed by atoms with Gasteiger partial charge in [-0.25, -0.2) is 9.37 Å². The summed E-state index contributed by atoms with van der Waals surface area (Å²) >= 11 is 5.93. The van der Waals surface area contributed by atoms with Crippen LogP contribution in [-0.4, -0.2) is 15.2 Å². The van der Waals surface area contributed by atoms with Gasteiger partial charge in [0, 0.05) is 5.56 Å². The van der Waals surface area contributed by atoms with E-state index in [4.69, 9.17) is 11.6 Å². The fourth-order valence-electron chi connectivity index (χ4n) is 1.66. The summed E-state index contributed by atoms with van der Waals surface area (Å²) in [6, 6.07) is 0.